The molecule has 5 heteroatoms. The van der Waals surface area contributed by atoms with Crippen LogP contribution in [0.4, 0.5) is 4.39 Å². The van der Waals surface area contributed by atoms with Gasteiger partial charge in [-0.15, -0.1) is 0 Å². The SMILES string of the molecule is O=C(O)C(F)Oc1cccc2ncccc12. The van der Waals surface area contributed by atoms with Gasteiger partial charge in [0.25, 0.3) is 0 Å². The first kappa shape index (κ1) is 10.4. The van der Waals surface area contributed by atoms with Crippen molar-refractivity contribution in [3.05, 3.63) is 36.5 Å². The minimum absolute atomic E-state index is 0.167. The van der Waals surface area contributed by atoms with Crippen molar-refractivity contribution in [3.8, 4) is 5.75 Å². The van der Waals surface area contributed by atoms with Gasteiger partial charge in [0.05, 0.1) is 5.52 Å². The Morgan fingerprint density at radius 2 is 2.19 bits per heavy atom. The summed E-state index contributed by atoms with van der Waals surface area (Å²) in [5.74, 6) is -1.48. The average Bonchev–Trinajstić information content (AvgIpc) is 2.29. The molecule has 2 aromatic rings. The van der Waals surface area contributed by atoms with Gasteiger partial charge in [-0.05, 0) is 24.3 Å². The third kappa shape index (κ3) is 1.93. The molecule has 0 saturated carbocycles. The zero-order valence-electron chi connectivity index (χ0n) is 8.13. The van der Waals surface area contributed by atoms with E-state index in [2.05, 4.69) is 9.72 Å². The fourth-order valence-corrected chi connectivity index (χ4v) is 1.34. The van der Waals surface area contributed by atoms with Crippen LogP contribution < -0.4 is 4.74 Å². The number of nitrogens with zero attached hydrogens (tertiary/aromatic N) is 1. The maximum absolute atomic E-state index is 12.9. The van der Waals surface area contributed by atoms with Crippen molar-refractivity contribution in [2.24, 2.45) is 0 Å². The van der Waals surface area contributed by atoms with Crippen LogP contribution in [0.5, 0.6) is 5.75 Å². The van der Waals surface area contributed by atoms with Gasteiger partial charge in [-0.2, -0.15) is 4.39 Å². The number of fused-ring (bicyclic) bond motifs is 1. The second-order valence-electron chi connectivity index (χ2n) is 3.10. The molecule has 0 bridgehead atoms. The number of aromatic nitrogens is 1. The Balaban J connectivity index is 2.41. The third-order valence-electron chi connectivity index (χ3n) is 2.03. The Bertz CT molecular complexity index is 524. The summed E-state index contributed by atoms with van der Waals surface area (Å²) in [6.07, 6.45) is -0.776. The quantitative estimate of drug-likeness (QED) is 0.861. The van der Waals surface area contributed by atoms with Crippen LogP contribution in [0.3, 0.4) is 0 Å². The summed E-state index contributed by atoms with van der Waals surface area (Å²) in [4.78, 5) is 14.4. The van der Waals surface area contributed by atoms with E-state index in [0.717, 1.165) is 0 Å². The number of alkyl halides is 1. The number of rotatable bonds is 3. The lowest BCUT2D eigenvalue weighted by molar-refractivity contribution is -0.153. The Morgan fingerprint density at radius 1 is 1.38 bits per heavy atom. The first-order valence-electron chi connectivity index (χ1n) is 4.56. The molecule has 2 rings (SSSR count). The molecular weight excluding hydrogens is 213 g/mol. The number of hydrogen-bond donors (Lipinski definition) is 1. The molecule has 0 amide bonds. The maximum atomic E-state index is 12.9. The van der Waals surface area contributed by atoms with Gasteiger partial charge in [0.15, 0.2) is 0 Å². The van der Waals surface area contributed by atoms with Crippen LogP contribution in [0.25, 0.3) is 10.9 Å². The Labute approximate surface area is 90.3 Å². The van der Waals surface area contributed by atoms with E-state index in [-0.39, 0.29) is 5.75 Å². The van der Waals surface area contributed by atoms with Crippen molar-refractivity contribution < 1.29 is 19.0 Å². The van der Waals surface area contributed by atoms with Crippen LogP contribution >= 0.6 is 0 Å². The summed E-state index contributed by atoms with van der Waals surface area (Å²) in [5.41, 5.74) is 0.623. The minimum Gasteiger partial charge on any atom is -0.476 e. The molecule has 4 nitrogen and oxygen atoms in total. The molecule has 1 atom stereocenters. The highest BCUT2D eigenvalue weighted by Gasteiger charge is 2.18. The molecule has 0 aliphatic rings. The van der Waals surface area contributed by atoms with Crippen LogP contribution in [0.2, 0.25) is 0 Å². The topological polar surface area (TPSA) is 59.4 Å². The predicted octanol–water partition coefficient (Wildman–Crippen LogP) is 1.99. The van der Waals surface area contributed by atoms with Crippen LogP contribution in [0.15, 0.2) is 36.5 Å². The van der Waals surface area contributed by atoms with Gasteiger partial charge in [0.1, 0.15) is 5.75 Å². The predicted molar refractivity (Wildman–Crippen MR) is 54.9 cm³/mol. The van der Waals surface area contributed by atoms with Gasteiger partial charge < -0.3 is 9.84 Å². The van der Waals surface area contributed by atoms with E-state index in [0.29, 0.717) is 10.9 Å². The Kier molecular flexibility index (Phi) is 2.68. The molecule has 0 aliphatic carbocycles. The molecule has 0 spiro atoms. The van der Waals surface area contributed by atoms with Crippen LogP contribution in [0, 0.1) is 0 Å². The van der Waals surface area contributed by atoms with Crippen LogP contribution in [-0.4, -0.2) is 22.4 Å². The Morgan fingerprint density at radius 3 is 2.94 bits per heavy atom. The van der Waals surface area contributed by atoms with Crippen LogP contribution in [-0.2, 0) is 4.79 Å². The van der Waals surface area contributed by atoms with Crippen molar-refractivity contribution in [3.63, 3.8) is 0 Å². The van der Waals surface area contributed by atoms with Gasteiger partial charge in [0.2, 0.25) is 0 Å². The number of benzene rings is 1. The van der Waals surface area contributed by atoms with Crippen LogP contribution in [0.1, 0.15) is 0 Å². The van der Waals surface area contributed by atoms with Gasteiger partial charge in [-0.25, -0.2) is 4.79 Å². The molecule has 0 aliphatic heterocycles. The molecule has 1 N–H and O–H groups in total. The summed E-state index contributed by atoms with van der Waals surface area (Å²) in [5, 5.41) is 8.98. The number of pyridine rings is 1. The monoisotopic (exact) mass is 221 g/mol. The van der Waals surface area contributed by atoms with Crippen molar-refractivity contribution >= 4 is 16.9 Å². The highest BCUT2D eigenvalue weighted by Crippen LogP contribution is 2.24. The molecule has 1 aromatic heterocycles. The lowest BCUT2D eigenvalue weighted by Crippen LogP contribution is -2.21. The molecule has 1 unspecified atom stereocenters. The van der Waals surface area contributed by atoms with E-state index < -0.39 is 12.3 Å². The van der Waals surface area contributed by atoms with E-state index in [9.17, 15) is 9.18 Å². The molecule has 1 aromatic carbocycles. The summed E-state index contributed by atoms with van der Waals surface area (Å²) in [6, 6.07) is 8.21. The van der Waals surface area contributed by atoms with E-state index in [1.165, 1.54) is 6.07 Å². The number of carbonyl (C=O) groups is 1. The van der Waals surface area contributed by atoms with E-state index in [4.69, 9.17) is 5.11 Å². The van der Waals surface area contributed by atoms with Gasteiger partial charge in [-0.1, -0.05) is 6.07 Å². The molecular formula is C11H8FNO3. The van der Waals surface area contributed by atoms with Crippen molar-refractivity contribution in [2.45, 2.75) is 6.36 Å². The Hall–Kier alpha value is -2.17. The maximum Gasteiger partial charge on any atom is 0.378 e. The summed E-state index contributed by atoms with van der Waals surface area (Å²) < 4.78 is 17.6. The average molecular weight is 221 g/mol. The lowest BCUT2D eigenvalue weighted by Gasteiger charge is -2.09. The first-order valence-corrected chi connectivity index (χ1v) is 4.56. The zero-order valence-corrected chi connectivity index (χ0v) is 8.13. The molecule has 0 saturated heterocycles. The molecule has 16 heavy (non-hydrogen) atoms. The number of carboxylic acids is 1. The summed E-state index contributed by atoms with van der Waals surface area (Å²) >= 11 is 0. The fraction of sp³-hybridized carbons (Fsp3) is 0.0909. The van der Waals surface area contributed by atoms with Gasteiger partial charge >= 0.3 is 12.3 Å². The highest BCUT2D eigenvalue weighted by atomic mass is 19.1. The number of ether oxygens (including phenoxy) is 1. The smallest absolute Gasteiger partial charge is 0.378 e. The normalized spacial score (nSPS) is 12.3. The minimum atomic E-state index is -2.37. The molecule has 0 radical (unpaired) electrons. The number of carboxylic acid groups (broad SMARTS) is 1. The number of hydrogen-bond acceptors (Lipinski definition) is 3. The number of aliphatic carboxylic acids is 1. The third-order valence-corrected chi connectivity index (χ3v) is 2.03. The molecule has 0 fully saturated rings. The molecule has 82 valence electrons. The highest BCUT2D eigenvalue weighted by molar-refractivity contribution is 5.85. The van der Waals surface area contributed by atoms with E-state index >= 15 is 0 Å². The summed E-state index contributed by atoms with van der Waals surface area (Å²) in [7, 11) is 0. The second-order valence-corrected chi connectivity index (χ2v) is 3.10. The fourth-order valence-electron chi connectivity index (χ4n) is 1.34. The molecule has 1 heterocycles. The lowest BCUT2D eigenvalue weighted by atomic mass is 10.2. The van der Waals surface area contributed by atoms with E-state index in [1.807, 2.05) is 0 Å². The standard InChI is InChI=1S/C11H8FNO3/c12-10(11(14)15)16-9-5-1-4-8-7(9)3-2-6-13-8/h1-6,10H,(H,14,15). The number of halogens is 1. The summed E-state index contributed by atoms with van der Waals surface area (Å²) in [6.45, 7) is 0. The second kappa shape index (κ2) is 4.14. The van der Waals surface area contributed by atoms with E-state index in [1.54, 1.807) is 30.5 Å². The van der Waals surface area contributed by atoms with Crippen molar-refractivity contribution in [1.82, 2.24) is 4.98 Å². The largest absolute Gasteiger partial charge is 0.476 e. The van der Waals surface area contributed by atoms with Gasteiger partial charge in [-0.3, -0.25) is 4.98 Å². The van der Waals surface area contributed by atoms with Crippen molar-refractivity contribution in [2.75, 3.05) is 0 Å². The first-order chi connectivity index (χ1) is 7.68. The zero-order chi connectivity index (χ0) is 11.5. The van der Waals surface area contributed by atoms with Gasteiger partial charge in [0, 0.05) is 11.6 Å². The van der Waals surface area contributed by atoms with Crippen molar-refractivity contribution in [1.29, 1.82) is 0 Å².